The van der Waals surface area contributed by atoms with Gasteiger partial charge in [-0.05, 0) is 38.5 Å². The van der Waals surface area contributed by atoms with Crippen molar-refractivity contribution in [2.24, 2.45) is 0 Å². The lowest BCUT2D eigenvalue weighted by Crippen LogP contribution is -2.44. The van der Waals surface area contributed by atoms with E-state index in [1.54, 1.807) is 0 Å². The SMILES string of the molecule is CCCCCCCCCC/C=C\CCCCCCCCCCCCCCCCCCCCCCCCCCCCCC(=O)OC(COC(=O)CCCCCCCCCCCCCCCCCCCCCC)COC(OCC[N+](C)(C)C)C(=O)[O-]. The van der Waals surface area contributed by atoms with Gasteiger partial charge in [0.25, 0.3) is 0 Å². The highest BCUT2D eigenvalue weighted by Gasteiger charge is 2.22. The van der Waals surface area contributed by atoms with E-state index in [0.717, 1.165) is 38.5 Å². The van der Waals surface area contributed by atoms with E-state index in [-0.39, 0.29) is 32.2 Å². The molecule has 9 nitrogen and oxygen atoms in total. The van der Waals surface area contributed by atoms with Gasteiger partial charge in [-0.2, -0.15) is 0 Å². The fourth-order valence-corrected chi connectivity index (χ4v) is 11.5. The van der Waals surface area contributed by atoms with Crippen molar-refractivity contribution in [2.75, 3.05) is 47.5 Å². The zero-order valence-corrected chi connectivity index (χ0v) is 57.1. The number of ether oxygens (including phenoxy) is 4. The van der Waals surface area contributed by atoms with Crippen LogP contribution < -0.4 is 5.11 Å². The second-order valence-corrected chi connectivity index (χ2v) is 27.0. The maximum atomic E-state index is 12.9. The van der Waals surface area contributed by atoms with Crippen molar-refractivity contribution in [3.63, 3.8) is 0 Å². The topological polar surface area (TPSA) is 111 Å². The molecule has 498 valence electrons. The summed E-state index contributed by atoms with van der Waals surface area (Å²) in [5.41, 5.74) is 0. The smallest absolute Gasteiger partial charge is 0.306 e. The summed E-state index contributed by atoms with van der Waals surface area (Å²) >= 11 is 0. The summed E-state index contributed by atoms with van der Waals surface area (Å²) in [5, 5.41) is 11.8. The zero-order valence-electron chi connectivity index (χ0n) is 57.1. The Balaban J connectivity index is 3.93. The van der Waals surface area contributed by atoms with Gasteiger partial charge < -0.3 is 33.3 Å². The van der Waals surface area contributed by atoms with E-state index in [9.17, 15) is 19.5 Å². The molecule has 0 aromatic rings. The van der Waals surface area contributed by atoms with Crippen molar-refractivity contribution in [1.29, 1.82) is 0 Å². The van der Waals surface area contributed by atoms with Crippen LogP contribution in [0.1, 0.15) is 393 Å². The maximum Gasteiger partial charge on any atom is 0.306 e. The molecule has 0 saturated carbocycles. The van der Waals surface area contributed by atoms with E-state index in [2.05, 4.69) is 26.0 Å². The van der Waals surface area contributed by atoms with Crippen molar-refractivity contribution in [2.45, 2.75) is 405 Å². The normalized spacial score (nSPS) is 12.6. The van der Waals surface area contributed by atoms with E-state index < -0.39 is 24.3 Å². The molecule has 0 aliphatic rings. The minimum Gasteiger partial charge on any atom is -0.545 e. The fraction of sp³-hybridized carbons (Fsp3) is 0.933. The molecule has 0 amide bonds. The Morgan fingerprint density at radius 3 is 0.881 bits per heavy atom. The Hall–Kier alpha value is -1.97. The molecule has 0 aliphatic heterocycles. The Kier molecular flexibility index (Phi) is 65.4. The van der Waals surface area contributed by atoms with Gasteiger partial charge in [-0.1, -0.05) is 353 Å². The third kappa shape index (κ3) is 67.5. The molecule has 0 fully saturated rings. The molecular weight excluding hydrogens is 1040 g/mol. The van der Waals surface area contributed by atoms with Gasteiger partial charge in [0.15, 0.2) is 12.4 Å². The monoisotopic (exact) mass is 1190 g/mol. The summed E-state index contributed by atoms with van der Waals surface area (Å²) in [6.45, 7) is 4.83. The number of quaternary nitrogens is 1. The molecule has 2 unspecified atom stereocenters. The average Bonchev–Trinajstić information content (AvgIpc) is 3.52. The Bertz CT molecular complexity index is 1380. The Morgan fingerprint density at radius 1 is 0.345 bits per heavy atom. The predicted octanol–water partition coefficient (Wildman–Crippen LogP) is 21.9. The van der Waals surface area contributed by atoms with Crippen LogP contribution >= 0.6 is 0 Å². The summed E-state index contributed by atoms with van der Waals surface area (Å²) in [5.74, 6) is -2.25. The van der Waals surface area contributed by atoms with Crippen LogP contribution in [0.5, 0.6) is 0 Å². The van der Waals surface area contributed by atoms with Gasteiger partial charge in [0.2, 0.25) is 0 Å². The van der Waals surface area contributed by atoms with Gasteiger partial charge in [0.1, 0.15) is 13.2 Å². The average molecular weight is 1190 g/mol. The molecule has 0 spiro atoms. The number of unbranched alkanes of at least 4 members (excludes halogenated alkanes) is 54. The maximum absolute atomic E-state index is 12.9. The highest BCUT2D eigenvalue weighted by Crippen LogP contribution is 2.20. The molecule has 0 aromatic heterocycles. The number of carbonyl (C=O) groups is 3. The van der Waals surface area contributed by atoms with Gasteiger partial charge >= 0.3 is 11.9 Å². The number of nitrogens with zero attached hydrogens (tertiary/aromatic N) is 1. The lowest BCUT2D eigenvalue weighted by Gasteiger charge is -2.26. The molecule has 84 heavy (non-hydrogen) atoms. The van der Waals surface area contributed by atoms with E-state index in [1.807, 2.05) is 21.1 Å². The number of rotatable bonds is 71. The molecule has 0 aromatic carbocycles. The summed E-state index contributed by atoms with van der Waals surface area (Å²) in [4.78, 5) is 37.5. The van der Waals surface area contributed by atoms with Crippen LogP contribution in [0.15, 0.2) is 12.2 Å². The van der Waals surface area contributed by atoms with Crippen LogP contribution in [-0.4, -0.2) is 82.3 Å². The number of carboxylic acid groups (broad SMARTS) is 1. The van der Waals surface area contributed by atoms with Crippen LogP contribution in [0.4, 0.5) is 0 Å². The lowest BCUT2D eigenvalue weighted by molar-refractivity contribution is -0.870. The number of esters is 2. The number of carboxylic acids is 1. The first kappa shape index (κ1) is 82.0. The molecule has 0 aliphatic carbocycles. The largest absolute Gasteiger partial charge is 0.545 e. The van der Waals surface area contributed by atoms with E-state index in [0.29, 0.717) is 17.4 Å². The number of hydrogen-bond acceptors (Lipinski definition) is 8. The predicted molar refractivity (Wildman–Crippen MR) is 357 cm³/mol. The fourth-order valence-electron chi connectivity index (χ4n) is 11.5. The van der Waals surface area contributed by atoms with Crippen LogP contribution in [0.25, 0.3) is 0 Å². The molecule has 2 atom stereocenters. The lowest BCUT2D eigenvalue weighted by atomic mass is 10.0. The molecule has 0 N–H and O–H groups in total. The van der Waals surface area contributed by atoms with Gasteiger partial charge in [-0.3, -0.25) is 9.59 Å². The zero-order chi connectivity index (χ0) is 61.2. The van der Waals surface area contributed by atoms with Crippen LogP contribution in [0.3, 0.4) is 0 Å². The van der Waals surface area contributed by atoms with Gasteiger partial charge in [0, 0.05) is 12.8 Å². The summed E-state index contributed by atoms with van der Waals surface area (Å²) in [6.07, 6.45) is 79.0. The van der Waals surface area contributed by atoms with Gasteiger partial charge in [-0.25, -0.2) is 0 Å². The number of carbonyl (C=O) groups excluding carboxylic acids is 3. The first-order chi connectivity index (χ1) is 41.1. The van der Waals surface area contributed by atoms with Gasteiger partial charge in [-0.15, -0.1) is 0 Å². The first-order valence-electron chi connectivity index (χ1n) is 37.3. The van der Waals surface area contributed by atoms with Crippen molar-refractivity contribution in [1.82, 2.24) is 0 Å². The summed E-state index contributed by atoms with van der Waals surface area (Å²) < 4.78 is 22.8. The first-order valence-corrected chi connectivity index (χ1v) is 37.3. The summed E-state index contributed by atoms with van der Waals surface area (Å²) in [6, 6.07) is 0. The molecular formula is C75H145NO8. The van der Waals surface area contributed by atoms with Crippen LogP contribution in [-0.2, 0) is 33.3 Å². The molecule has 0 saturated heterocycles. The van der Waals surface area contributed by atoms with Crippen molar-refractivity contribution in [3.05, 3.63) is 12.2 Å². The third-order valence-corrected chi connectivity index (χ3v) is 17.3. The van der Waals surface area contributed by atoms with Crippen LogP contribution in [0, 0.1) is 0 Å². The molecule has 0 radical (unpaired) electrons. The minimum atomic E-state index is -1.62. The molecule has 9 heteroatoms. The standard InChI is InChI=1S/C75H145NO8/c1-6-8-10-12-14-16-18-20-22-24-26-28-29-30-31-32-33-34-35-36-37-38-39-40-41-42-43-44-45-46-48-50-52-54-56-58-60-62-64-66-73(78)84-71(70-83-75(74(79)80)81-68-67-76(3,4)5)69-82-72(77)65-63-61-59-57-55-53-51-49-47-27-25-23-21-19-17-15-13-11-9-7-2/h24,26,71,75H,6-23,25,27-70H2,1-5H3/b26-24-. The number of likely N-dealkylation sites (N-methyl/N-ethyl adjacent to an activating group) is 1. The molecule has 0 heterocycles. The number of allylic oxidation sites excluding steroid dienone is 2. The second-order valence-electron chi connectivity index (χ2n) is 27.0. The van der Waals surface area contributed by atoms with Crippen molar-refractivity contribution in [3.8, 4) is 0 Å². The minimum absolute atomic E-state index is 0.153. The second kappa shape index (κ2) is 67.0. The highest BCUT2D eigenvalue weighted by atomic mass is 16.7. The number of hydrogen-bond donors (Lipinski definition) is 0. The van der Waals surface area contributed by atoms with Gasteiger partial charge in [0.05, 0.1) is 40.3 Å². The summed E-state index contributed by atoms with van der Waals surface area (Å²) in [7, 11) is 5.95. The third-order valence-electron chi connectivity index (χ3n) is 17.3. The van der Waals surface area contributed by atoms with Crippen molar-refractivity contribution < 1.29 is 42.9 Å². The van der Waals surface area contributed by atoms with E-state index in [4.69, 9.17) is 18.9 Å². The van der Waals surface area contributed by atoms with E-state index in [1.165, 1.54) is 327 Å². The van der Waals surface area contributed by atoms with Crippen LogP contribution in [0.2, 0.25) is 0 Å². The molecule has 0 bridgehead atoms. The van der Waals surface area contributed by atoms with Crippen molar-refractivity contribution >= 4 is 17.9 Å². The van der Waals surface area contributed by atoms with E-state index >= 15 is 0 Å². The Morgan fingerprint density at radius 2 is 0.607 bits per heavy atom. The highest BCUT2D eigenvalue weighted by molar-refractivity contribution is 5.70. The Labute approximate surface area is 523 Å². The molecule has 0 rings (SSSR count). The quantitative estimate of drug-likeness (QED) is 0.0195. The number of aliphatic carboxylic acids is 1.